The molecule has 0 amide bonds. The van der Waals surface area contributed by atoms with Crippen LogP contribution in [-0.2, 0) is 32.3 Å². The summed E-state index contributed by atoms with van der Waals surface area (Å²) in [4.78, 5) is 49.1. The zero-order chi connectivity index (χ0) is 25.4. The average molecular weight is 518 g/mol. The fourth-order valence-corrected chi connectivity index (χ4v) is 3.07. The van der Waals surface area contributed by atoms with Crippen molar-refractivity contribution in [1.82, 2.24) is 0 Å². The fraction of sp³-hybridized carbons (Fsp3) is 0.833. The molecular formula is C12H24O18P2. The molecule has 1 unspecified atom stereocenters. The molecule has 11 N–H and O–H groups in total. The van der Waals surface area contributed by atoms with E-state index < -0.39 is 89.9 Å². The van der Waals surface area contributed by atoms with Crippen LogP contribution in [-0.4, -0.2) is 130 Å². The Labute approximate surface area is 178 Å². The second kappa shape index (κ2) is 13.1. The summed E-state index contributed by atoms with van der Waals surface area (Å²) in [5, 5.41) is 75.1. The maximum Gasteiger partial charge on any atom is 0.530 e. The van der Waals surface area contributed by atoms with Gasteiger partial charge in [0.1, 0.15) is 36.6 Å². The maximum absolute atomic E-state index is 11.8. The van der Waals surface area contributed by atoms with Gasteiger partial charge in [-0.05, 0) is 0 Å². The topological polar surface area (TPSA) is 318 Å². The van der Waals surface area contributed by atoms with E-state index in [4.69, 9.17) is 20.0 Å². The number of hydrogen-bond donors (Lipinski definition) is 11. The van der Waals surface area contributed by atoms with Crippen molar-refractivity contribution in [3.63, 3.8) is 0 Å². The highest BCUT2D eigenvalue weighted by Gasteiger charge is 2.42. The molecule has 0 bridgehead atoms. The van der Waals surface area contributed by atoms with Crippen molar-refractivity contribution in [2.45, 2.75) is 48.8 Å². The molecule has 0 aromatic carbocycles. The number of aldehydes is 1. The minimum Gasteiger partial charge on any atom is -0.394 e. The minimum atomic E-state index is -5.70. The lowest BCUT2D eigenvalue weighted by molar-refractivity contribution is -0.164. The predicted octanol–water partition coefficient (Wildman–Crippen LogP) is -6.16. The lowest BCUT2D eigenvalue weighted by atomic mass is 10.0. The van der Waals surface area contributed by atoms with Gasteiger partial charge in [0.15, 0.2) is 18.5 Å². The van der Waals surface area contributed by atoms with Crippen molar-refractivity contribution < 1.29 is 87.8 Å². The van der Waals surface area contributed by atoms with E-state index >= 15 is 0 Å². The second-order valence-corrected chi connectivity index (χ2v) is 8.67. The first-order valence-corrected chi connectivity index (χ1v) is 11.3. The average Bonchev–Trinajstić information content (AvgIpc) is 2.71. The third-order valence-corrected chi connectivity index (χ3v) is 4.99. The van der Waals surface area contributed by atoms with Gasteiger partial charge in [-0.25, -0.2) is 13.9 Å². The van der Waals surface area contributed by atoms with Crippen molar-refractivity contribution >= 4 is 27.9 Å². The lowest BCUT2D eigenvalue weighted by Crippen LogP contribution is -2.49. The molecular weight excluding hydrogens is 494 g/mol. The quantitative estimate of drug-likeness (QED) is 0.0709. The highest BCUT2D eigenvalue weighted by molar-refractivity contribution is 7.48. The Morgan fingerprint density at radius 3 is 1.78 bits per heavy atom. The van der Waals surface area contributed by atoms with Gasteiger partial charge < -0.3 is 60.0 Å². The summed E-state index contributed by atoms with van der Waals surface area (Å²) >= 11 is 0. The molecule has 0 rings (SSSR count). The fourth-order valence-electron chi connectivity index (χ4n) is 1.87. The van der Waals surface area contributed by atoms with E-state index in [9.17, 15) is 54.3 Å². The maximum atomic E-state index is 11.8. The van der Waals surface area contributed by atoms with Crippen molar-refractivity contribution in [3.05, 3.63) is 0 Å². The highest BCUT2D eigenvalue weighted by atomic mass is 31.2. The molecule has 0 fully saturated rings. The molecule has 0 aromatic heterocycles. The molecule has 0 aliphatic rings. The van der Waals surface area contributed by atoms with Gasteiger partial charge >= 0.3 is 21.6 Å². The minimum absolute atomic E-state index is 0.395. The van der Waals surface area contributed by atoms with Crippen molar-refractivity contribution in [2.24, 2.45) is 0 Å². The Morgan fingerprint density at radius 2 is 1.34 bits per heavy atom. The van der Waals surface area contributed by atoms with Gasteiger partial charge in [0.25, 0.3) is 0 Å². The number of phosphoric acid groups is 2. The summed E-state index contributed by atoms with van der Waals surface area (Å²) < 4.78 is 34.2. The van der Waals surface area contributed by atoms with Gasteiger partial charge in [-0.2, -0.15) is 0 Å². The molecule has 0 aromatic rings. The Bertz CT molecular complexity index is 695. The third kappa shape index (κ3) is 10.3. The molecule has 0 aliphatic carbocycles. The third-order valence-electron chi connectivity index (χ3n) is 3.58. The van der Waals surface area contributed by atoms with Gasteiger partial charge in [0, 0.05) is 0 Å². The van der Waals surface area contributed by atoms with E-state index in [0.29, 0.717) is 0 Å². The molecule has 0 spiro atoms. The van der Waals surface area contributed by atoms with E-state index in [1.165, 1.54) is 0 Å². The molecule has 0 aliphatic heterocycles. The highest BCUT2D eigenvalue weighted by Crippen LogP contribution is 2.45. The molecule has 9 atom stereocenters. The lowest BCUT2D eigenvalue weighted by Gasteiger charge is -2.28. The van der Waals surface area contributed by atoms with Crippen LogP contribution in [0.5, 0.6) is 0 Å². The van der Waals surface area contributed by atoms with Gasteiger partial charge in [-0.3, -0.25) is 13.9 Å². The van der Waals surface area contributed by atoms with Crippen LogP contribution in [0.15, 0.2) is 0 Å². The van der Waals surface area contributed by atoms with Gasteiger partial charge in [-0.1, -0.05) is 0 Å². The summed E-state index contributed by atoms with van der Waals surface area (Å²) in [6, 6.07) is 0. The Morgan fingerprint density at radius 1 is 0.844 bits per heavy atom. The predicted molar refractivity (Wildman–Crippen MR) is 94.0 cm³/mol. The normalized spacial score (nSPS) is 21.8. The molecule has 0 saturated heterocycles. The van der Waals surface area contributed by atoms with Crippen LogP contribution < -0.4 is 0 Å². The molecule has 190 valence electrons. The number of rotatable bonds is 15. The first-order chi connectivity index (χ1) is 14.5. The number of carbonyl (C=O) groups excluding carboxylic acids is 2. The van der Waals surface area contributed by atoms with Crippen molar-refractivity contribution in [3.8, 4) is 0 Å². The van der Waals surface area contributed by atoms with Gasteiger partial charge in [0.05, 0.1) is 13.2 Å². The SMILES string of the molecule is O=C[C@H](OP(=O)(O)OC(=O)[C@H](O)[C@@H](O)[C@H](O)[C@H](O)CO)[C@@H](O)[C@H](O)[C@H](O)COP(=O)(O)O. The molecule has 0 radical (unpaired) electrons. The van der Waals surface area contributed by atoms with Crippen LogP contribution in [0.3, 0.4) is 0 Å². The summed E-state index contributed by atoms with van der Waals surface area (Å²) in [5.74, 6) is -2.12. The number of phosphoric ester groups is 2. The summed E-state index contributed by atoms with van der Waals surface area (Å²) in [6.45, 7) is -2.36. The first kappa shape index (κ1) is 31.1. The summed E-state index contributed by atoms with van der Waals surface area (Å²) in [6.07, 6.45) is -19.8. The molecule has 0 heterocycles. The number of hydrogen-bond acceptors (Lipinski definition) is 15. The van der Waals surface area contributed by atoms with Crippen molar-refractivity contribution in [1.29, 1.82) is 0 Å². The van der Waals surface area contributed by atoms with Crippen LogP contribution in [0.1, 0.15) is 0 Å². The van der Waals surface area contributed by atoms with E-state index in [-0.39, 0.29) is 0 Å². The van der Waals surface area contributed by atoms with E-state index in [1.807, 2.05) is 0 Å². The van der Waals surface area contributed by atoms with Crippen LogP contribution >= 0.6 is 15.6 Å². The van der Waals surface area contributed by atoms with E-state index in [2.05, 4.69) is 13.6 Å². The van der Waals surface area contributed by atoms with Crippen LogP contribution in [0.4, 0.5) is 0 Å². The van der Waals surface area contributed by atoms with Gasteiger partial charge in [-0.15, -0.1) is 0 Å². The second-order valence-electron chi connectivity index (χ2n) is 6.10. The van der Waals surface area contributed by atoms with Crippen LogP contribution in [0, 0.1) is 0 Å². The molecule has 20 heteroatoms. The standard InChI is InChI=1S/C12H24O18P2/c13-1-4(15)7(17)10(20)11(21)12(22)30-32(26,27)29-6(2-14)9(19)8(18)5(16)3-28-31(23,24)25/h2,4-11,13,15-21H,1,3H2,(H,26,27)(H2,23,24,25)/t4-,5-,6+,7-,8-,9-,10+,11-/m1/s1. The monoisotopic (exact) mass is 518 g/mol. The number of aliphatic hydroxyl groups is 8. The van der Waals surface area contributed by atoms with Gasteiger partial charge in [0.2, 0.25) is 0 Å². The number of aliphatic hydroxyl groups excluding tert-OH is 8. The Kier molecular flexibility index (Phi) is 12.7. The van der Waals surface area contributed by atoms with E-state index in [0.717, 1.165) is 0 Å². The van der Waals surface area contributed by atoms with E-state index in [1.54, 1.807) is 0 Å². The molecule has 32 heavy (non-hydrogen) atoms. The summed E-state index contributed by atoms with van der Waals surface area (Å²) in [5.41, 5.74) is 0. The first-order valence-electron chi connectivity index (χ1n) is 8.24. The Balaban J connectivity index is 5.12. The zero-order valence-corrected chi connectivity index (χ0v) is 17.6. The van der Waals surface area contributed by atoms with Crippen molar-refractivity contribution in [2.75, 3.05) is 13.2 Å². The zero-order valence-electron chi connectivity index (χ0n) is 15.8. The van der Waals surface area contributed by atoms with Crippen LogP contribution in [0.2, 0.25) is 0 Å². The summed E-state index contributed by atoms with van der Waals surface area (Å²) in [7, 11) is -10.8. The largest absolute Gasteiger partial charge is 0.530 e. The molecule has 18 nitrogen and oxygen atoms in total. The van der Waals surface area contributed by atoms with Crippen LogP contribution in [0.25, 0.3) is 0 Å². The smallest absolute Gasteiger partial charge is 0.394 e. The number of carbonyl (C=O) groups is 2. The molecule has 0 saturated carbocycles. The Hall–Kier alpha value is -0.920.